The van der Waals surface area contributed by atoms with Crippen LogP contribution in [0.25, 0.3) is 0 Å². The summed E-state index contributed by atoms with van der Waals surface area (Å²) in [6.45, 7) is 9.43. The molecule has 0 saturated heterocycles. The number of hydrogen-bond acceptors (Lipinski definition) is 4. The van der Waals surface area contributed by atoms with E-state index in [1.54, 1.807) is 6.07 Å². The summed E-state index contributed by atoms with van der Waals surface area (Å²) in [6, 6.07) is 2.14. The van der Waals surface area contributed by atoms with Gasteiger partial charge in [-0.05, 0) is 22.9 Å². The average molecular weight is 304 g/mol. The highest BCUT2D eigenvalue weighted by atomic mass is 32.2. The van der Waals surface area contributed by atoms with Crippen molar-refractivity contribution in [1.82, 2.24) is 10.0 Å². The summed E-state index contributed by atoms with van der Waals surface area (Å²) < 4.78 is 27.2. The Bertz CT molecular complexity index is 481. The van der Waals surface area contributed by atoms with Gasteiger partial charge in [-0.1, -0.05) is 34.1 Å². The van der Waals surface area contributed by atoms with Crippen molar-refractivity contribution < 1.29 is 8.42 Å². The lowest BCUT2D eigenvalue weighted by Gasteiger charge is -2.09. The van der Waals surface area contributed by atoms with Crippen LogP contribution in [0, 0.1) is 5.92 Å². The molecule has 1 unspecified atom stereocenters. The van der Waals surface area contributed by atoms with E-state index in [4.69, 9.17) is 0 Å². The zero-order valence-corrected chi connectivity index (χ0v) is 13.7. The highest BCUT2D eigenvalue weighted by Crippen LogP contribution is 2.20. The largest absolute Gasteiger partial charge is 0.310 e. The Balaban J connectivity index is 2.63. The third-order valence-electron chi connectivity index (χ3n) is 2.93. The summed E-state index contributed by atoms with van der Waals surface area (Å²) in [6.07, 6.45) is 0.969. The molecule has 1 heterocycles. The predicted octanol–water partition coefficient (Wildman–Crippen LogP) is 2.57. The van der Waals surface area contributed by atoms with E-state index in [0.29, 0.717) is 29.3 Å². The molecule has 19 heavy (non-hydrogen) atoms. The molecule has 110 valence electrons. The van der Waals surface area contributed by atoms with Gasteiger partial charge < -0.3 is 5.32 Å². The van der Waals surface area contributed by atoms with E-state index >= 15 is 0 Å². The lowest BCUT2D eigenvalue weighted by Crippen LogP contribution is -2.27. The number of rotatable bonds is 8. The second-order valence-corrected chi connectivity index (χ2v) is 8.08. The van der Waals surface area contributed by atoms with Gasteiger partial charge in [0.25, 0.3) is 0 Å². The van der Waals surface area contributed by atoms with Crippen LogP contribution in [0.15, 0.2) is 15.7 Å². The summed E-state index contributed by atoms with van der Waals surface area (Å²) in [5, 5.41) is 5.17. The van der Waals surface area contributed by atoms with E-state index in [1.807, 2.05) is 12.3 Å². The number of nitrogens with one attached hydrogen (secondary N) is 2. The molecule has 1 atom stereocenters. The summed E-state index contributed by atoms with van der Waals surface area (Å²) in [5.74, 6) is 0.358. The van der Waals surface area contributed by atoms with Crippen LogP contribution in [-0.4, -0.2) is 21.0 Å². The Kier molecular flexibility index (Phi) is 6.46. The second kappa shape index (κ2) is 7.38. The van der Waals surface area contributed by atoms with Crippen molar-refractivity contribution >= 4 is 21.4 Å². The van der Waals surface area contributed by atoms with Gasteiger partial charge in [-0.25, -0.2) is 13.1 Å². The van der Waals surface area contributed by atoms with E-state index < -0.39 is 10.0 Å². The molecule has 0 amide bonds. The van der Waals surface area contributed by atoms with Gasteiger partial charge in [0.2, 0.25) is 10.0 Å². The minimum absolute atomic E-state index is 0.358. The smallest absolute Gasteiger partial charge is 0.250 e. The summed E-state index contributed by atoms with van der Waals surface area (Å²) in [5.41, 5.74) is 1.02. The van der Waals surface area contributed by atoms with Gasteiger partial charge in [0.05, 0.1) is 0 Å². The molecule has 4 nitrogen and oxygen atoms in total. The van der Waals surface area contributed by atoms with Crippen LogP contribution >= 0.6 is 11.3 Å². The molecule has 0 bridgehead atoms. The van der Waals surface area contributed by atoms with Crippen LogP contribution < -0.4 is 10.0 Å². The molecule has 1 aromatic rings. The van der Waals surface area contributed by atoms with E-state index in [2.05, 4.69) is 30.8 Å². The Morgan fingerprint density at radius 1 is 1.32 bits per heavy atom. The van der Waals surface area contributed by atoms with Crippen molar-refractivity contribution in [3.8, 4) is 0 Å². The van der Waals surface area contributed by atoms with Crippen LogP contribution in [0.4, 0.5) is 0 Å². The maximum atomic E-state index is 12.1. The van der Waals surface area contributed by atoms with Crippen LogP contribution in [0.2, 0.25) is 0 Å². The van der Waals surface area contributed by atoms with E-state index in [-0.39, 0.29) is 0 Å². The molecule has 6 heteroatoms. The minimum atomic E-state index is -3.34. The summed E-state index contributed by atoms with van der Waals surface area (Å²) in [4.78, 5) is 0. The van der Waals surface area contributed by atoms with Gasteiger partial charge in [-0.15, -0.1) is 11.3 Å². The van der Waals surface area contributed by atoms with Gasteiger partial charge in [0.15, 0.2) is 0 Å². The minimum Gasteiger partial charge on any atom is -0.310 e. The molecular formula is C13H24N2O2S2. The number of hydrogen-bond donors (Lipinski definition) is 2. The molecular weight excluding hydrogens is 280 g/mol. The van der Waals surface area contributed by atoms with Crippen molar-refractivity contribution in [3.05, 3.63) is 17.0 Å². The average Bonchev–Trinajstić information content (AvgIpc) is 2.83. The lowest BCUT2D eigenvalue weighted by atomic mass is 10.1. The maximum absolute atomic E-state index is 12.1. The first-order valence-electron chi connectivity index (χ1n) is 6.65. The van der Waals surface area contributed by atoms with Crippen LogP contribution in [0.5, 0.6) is 0 Å². The quantitative estimate of drug-likeness (QED) is 0.776. The van der Waals surface area contributed by atoms with E-state index in [0.717, 1.165) is 12.0 Å². The summed E-state index contributed by atoms with van der Waals surface area (Å²) in [7, 11) is -3.34. The SMILES string of the molecule is CCC(C)CNS(=O)(=O)c1cc(CNC(C)C)cs1. The zero-order chi connectivity index (χ0) is 14.5. The number of sulfonamides is 1. The standard InChI is InChI=1S/C13H24N2O2S2/c1-5-11(4)7-15-19(16,17)13-6-12(9-18-13)8-14-10(2)3/h6,9-11,14-15H,5,7-8H2,1-4H3. The first-order chi connectivity index (χ1) is 8.85. The molecule has 0 aliphatic rings. The predicted molar refractivity (Wildman–Crippen MR) is 80.9 cm³/mol. The molecule has 0 aliphatic carbocycles. The Morgan fingerprint density at radius 3 is 2.58 bits per heavy atom. The van der Waals surface area contributed by atoms with Crippen molar-refractivity contribution in [3.63, 3.8) is 0 Å². The molecule has 0 saturated carbocycles. The van der Waals surface area contributed by atoms with Crippen LogP contribution in [0.3, 0.4) is 0 Å². The Labute approximate surface area is 120 Å². The monoisotopic (exact) mass is 304 g/mol. The fourth-order valence-corrected chi connectivity index (χ4v) is 3.80. The van der Waals surface area contributed by atoms with Crippen molar-refractivity contribution in [2.45, 2.75) is 50.9 Å². The number of thiophene rings is 1. The molecule has 0 aliphatic heterocycles. The highest BCUT2D eigenvalue weighted by molar-refractivity contribution is 7.91. The fraction of sp³-hybridized carbons (Fsp3) is 0.692. The normalized spacial score (nSPS) is 13.9. The third kappa shape index (κ3) is 5.60. The Morgan fingerprint density at radius 2 is 2.00 bits per heavy atom. The molecule has 1 rings (SSSR count). The van der Waals surface area contributed by atoms with Crippen LogP contribution in [0.1, 0.15) is 39.7 Å². The molecule has 1 aromatic heterocycles. The van der Waals surface area contributed by atoms with Crippen LogP contribution in [-0.2, 0) is 16.6 Å². The van der Waals surface area contributed by atoms with E-state index in [9.17, 15) is 8.42 Å². The molecule has 0 spiro atoms. The van der Waals surface area contributed by atoms with Crippen molar-refractivity contribution in [1.29, 1.82) is 0 Å². The molecule has 0 radical (unpaired) electrons. The Hall–Kier alpha value is -0.430. The van der Waals surface area contributed by atoms with Gasteiger partial charge in [0.1, 0.15) is 4.21 Å². The van der Waals surface area contributed by atoms with Crippen molar-refractivity contribution in [2.24, 2.45) is 5.92 Å². The van der Waals surface area contributed by atoms with Crippen molar-refractivity contribution in [2.75, 3.05) is 6.54 Å². The van der Waals surface area contributed by atoms with Gasteiger partial charge in [0, 0.05) is 19.1 Å². The van der Waals surface area contributed by atoms with Gasteiger partial charge in [-0.3, -0.25) is 0 Å². The first-order valence-corrected chi connectivity index (χ1v) is 9.02. The van der Waals surface area contributed by atoms with Gasteiger partial charge in [-0.2, -0.15) is 0 Å². The summed E-state index contributed by atoms with van der Waals surface area (Å²) >= 11 is 1.28. The second-order valence-electron chi connectivity index (χ2n) is 5.17. The third-order valence-corrected chi connectivity index (χ3v) is 5.84. The molecule has 0 fully saturated rings. The maximum Gasteiger partial charge on any atom is 0.250 e. The fourth-order valence-electron chi connectivity index (χ4n) is 1.38. The highest BCUT2D eigenvalue weighted by Gasteiger charge is 2.17. The van der Waals surface area contributed by atoms with Gasteiger partial charge >= 0.3 is 0 Å². The lowest BCUT2D eigenvalue weighted by molar-refractivity contribution is 0.529. The zero-order valence-electron chi connectivity index (χ0n) is 12.1. The molecule has 0 aromatic carbocycles. The topological polar surface area (TPSA) is 58.2 Å². The molecule has 2 N–H and O–H groups in total. The van der Waals surface area contributed by atoms with E-state index in [1.165, 1.54) is 11.3 Å². The first kappa shape index (κ1) is 16.6.